The highest BCUT2D eigenvalue weighted by Crippen LogP contribution is 2.26. The Morgan fingerprint density at radius 2 is 1.57 bits per heavy atom. The lowest BCUT2D eigenvalue weighted by atomic mass is 10.1. The van der Waals surface area contributed by atoms with Crippen molar-refractivity contribution in [2.24, 2.45) is 0 Å². The van der Waals surface area contributed by atoms with Gasteiger partial charge >= 0.3 is 0 Å². The van der Waals surface area contributed by atoms with Crippen LogP contribution < -0.4 is 10.2 Å². The van der Waals surface area contributed by atoms with Gasteiger partial charge in [-0.1, -0.05) is 48.5 Å². The number of nitrogens with zero attached hydrogens (tertiary/aromatic N) is 3. The molecule has 144 valence electrons. The summed E-state index contributed by atoms with van der Waals surface area (Å²) in [5, 5.41) is 2.99. The second-order valence-corrected chi connectivity index (χ2v) is 7.58. The smallest absolute Gasteiger partial charge is 0.270 e. The molecule has 3 aromatic rings. The Morgan fingerprint density at radius 1 is 0.964 bits per heavy atom. The number of benzene rings is 2. The van der Waals surface area contributed by atoms with Gasteiger partial charge in [0.2, 0.25) is 0 Å². The Morgan fingerprint density at radius 3 is 2.14 bits per heavy atom. The molecule has 0 atom stereocenters. The van der Waals surface area contributed by atoms with Gasteiger partial charge in [0.05, 0.1) is 0 Å². The third kappa shape index (κ3) is 4.74. The van der Waals surface area contributed by atoms with Gasteiger partial charge in [0, 0.05) is 29.4 Å². The van der Waals surface area contributed by atoms with Gasteiger partial charge in [0.1, 0.15) is 11.5 Å². The Labute approximate surface area is 166 Å². The van der Waals surface area contributed by atoms with E-state index in [2.05, 4.69) is 22.1 Å². The van der Waals surface area contributed by atoms with Gasteiger partial charge in [-0.3, -0.25) is 4.79 Å². The van der Waals surface area contributed by atoms with Crippen molar-refractivity contribution in [1.29, 1.82) is 0 Å². The monoisotopic (exact) mass is 374 g/mol. The van der Waals surface area contributed by atoms with Crippen molar-refractivity contribution in [3.8, 4) is 11.4 Å². The average Bonchev–Trinajstić information content (AvgIpc) is 2.68. The van der Waals surface area contributed by atoms with Gasteiger partial charge in [-0.05, 0) is 39.8 Å². The number of carbonyl (C=O) groups is 1. The van der Waals surface area contributed by atoms with Crippen LogP contribution in [0.5, 0.6) is 0 Å². The first-order valence-corrected chi connectivity index (χ1v) is 9.47. The number of para-hydroxylation sites is 1. The molecule has 0 saturated carbocycles. The molecule has 0 aliphatic rings. The fraction of sp³-hybridized carbons (Fsp3) is 0.261. The molecule has 28 heavy (non-hydrogen) atoms. The molecule has 0 fully saturated rings. The van der Waals surface area contributed by atoms with E-state index in [0.717, 1.165) is 17.8 Å². The van der Waals surface area contributed by atoms with Gasteiger partial charge in [-0.15, -0.1) is 0 Å². The van der Waals surface area contributed by atoms with Crippen molar-refractivity contribution in [1.82, 2.24) is 15.3 Å². The number of nitrogens with one attached hydrogen (secondary N) is 1. The van der Waals surface area contributed by atoms with Gasteiger partial charge < -0.3 is 10.2 Å². The van der Waals surface area contributed by atoms with Crippen molar-refractivity contribution >= 4 is 17.4 Å². The maximum Gasteiger partial charge on any atom is 0.270 e. The molecule has 0 bridgehead atoms. The van der Waals surface area contributed by atoms with Gasteiger partial charge in [-0.2, -0.15) is 0 Å². The zero-order chi connectivity index (χ0) is 20.1. The molecule has 1 amide bonds. The maximum absolute atomic E-state index is 12.8. The molecule has 0 aliphatic heterocycles. The second-order valence-electron chi connectivity index (χ2n) is 7.58. The van der Waals surface area contributed by atoms with Crippen molar-refractivity contribution in [3.63, 3.8) is 0 Å². The first kappa shape index (κ1) is 19.5. The lowest BCUT2D eigenvalue weighted by molar-refractivity contribution is 0.0914. The van der Waals surface area contributed by atoms with Crippen molar-refractivity contribution in [3.05, 3.63) is 72.4 Å². The third-order valence-electron chi connectivity index (χ3n) is 4.13. The SMILES string of the molecule is CCN(c1ccccc1)c1cc(C(=O)NC(C)(C)C)nc(-c2ccccc2)n1. The number of rotatable bonds is 5. The number of anilines is 2. The molecule has 1 aromatic heterocycles. The first-order valence-electron chi connectivity index (χ1n) is 9.47. The Hall–Kier alpha value is -3.21. The fourth-order valence-corrected chi connectivity index (χ4v) is 2.89. The Bertz CT molecular complexity index is 934. The summed E-state index contributed by atoms with van der Waals surface area (Å²) in [5.41, 5.74) is 1.90. The highest BCUT2D eigenvalue weighted by molar-refractivity contribution is 5.94. The van der Waals surface area contributed by atoms with Crippen LogP contribution in [0.3, 0.4) is 0 Å². The molecule has 0 radical (unpaired) electrons. The number of aromatic nitrogens is 2. The van der Waals surface area contributed by atoms with Crippen molar-refractivity contribution < 1.29 is 4.79 Å². The summed E-state index contributed by atoms with van der Waals surface area (Å²) in [5.74, 6) is 1.02. The summed E-state index contributed by atoms with van der Waals surface area (Å²) in [6.45, 7) is 8.63. The first-order chi connectivity index (χ1) is 13.4. The summed E-state index contributed by atoms with van der Waals surface area (Å²) in [4.78, 5) is 24.2. The summed E-state index contributed by atoms with van der Waals surface area (Å²) >= 11 is 0. The largest absolute Gasteiger partial charge is 0.346 e. The molecular formula is C23H26N4O. The predicted octanol–water partition coefficient (Wildman–Crippen LogP) is 4.83. The quantitative estimate of drug-likeness (QED) is 0.695. The summed E-state index contributed by atoms with van der Waals surface area (Å²) in [6, 6.07) is 21.5. The zero-order valence-corrected chi connectivity index (χ0v) is 16.8. The van der Waals surface area contributed by atoms with Crippen LogP contribution in [0.4, 0.5) is 11.5 Å². The van der Waals surface area contributed by atoms with Gasteiger partial charge in [0.15, 0.2) is 5.82 Å². The van der Waals surface area contributed by atoms with Crippen LogP contribution in [0.1, 0.15) is 38.2 Å². The fourth-order valence-electron chi connectivity index (χ4n) is 2.89. The highest BCUT2D eigenvalue weighted by atomic mass is 16.2. The van der Waals surface area contributed by atoms with Crippen LogP contribution in [0.25, 0.3) is 11.4 Å². The van der Waals surface area contributed by atoms with Gasteiger partial charge in [0.25, 0.3) is 5.91 Å². The van der Waals surface area contributed by atoms with Crippen LogP contribution in [0, 0.1) is 0 Å². The van der Waals surface area contributed by atoms with E-state index in [4.69, 9.17) is 4.98 Å². The molecule has 2 aromatic carbocycles. The molecular weight excluding hydrogens is 348 g/mol. The van der Waals surface area contributed by atoms with Crippen LogP contribution in [0.15, 0.2) is 66.7 Å². The third-order valence-corrected chi connectivity index (χ3v) is 4.13. The van der Waals surface area contributed by atoms with Crippen LogP contribution in [0.2, 0.25) is 0 Å². The minimum Gasteiger partial charge on any atom is -0.346 e. The van der Waals surface area contributed by atoms with E-state index in [9.17, 15) is 4.79 Å². The molecule has 1 N–H and O–H groups in total. The predicted molar refractivity (Wildman–Crippen MR) is 114 cm³/mol. The molecule has 0 spiro atoms. The van der Waals surface area contributed by atoms with E-state index >= 15 is 0 Å². The second kappa shape index (κ2) is 8.21. The van der Waals surface area contributed by atoms with E-state index in [0.29, 0.717) is 17.3 Å². The van der Waals surface area contributed by atoms with E-state index in [1.807, 2.05) is 81.4 Å². The van der Waals surface area contributed by atoms with Crippen LogP contribution in [-0.2, 0) is 0 Å². The topological polar surface area (TPSA) is 58.1 Å². The lowest BCUT2D eigenvalue weighted by Gasteiger charge is -2.24. The molecule has 1 heterocycles. The van der Waals surface area contributed by atoms with Crippen LogP contribution >= 0.6 is 0 Å². The number of hydrogen-bond acceptors (Lipinski definition) is 4. The number of amides is 1. The van der Waals surface area contributed by atoms with Crippen molar-refractivity contribution in [2.45, 2.75) is 33.2 Å². The normalized spacial score (nSPS) is 11.1. The highest BCUT2D eigenvalue weighted by Gasteiger charge is 2.20. The standard InChI is InChI=1S/C23H26N4O/c1-5-27(18-14-10-7-11-15-18)20-16-19(22(28)26-23(2,3)4)24-21(25-20)17-12-8-6-9-13-17/h6-16H,5H2,1-4H3,(H,26,28). The maximum atomic E-state index is 12.8. The summed E-state index contributed by atoms with van der Waals surface area (Å²) in [7, 11) is 0. The van der Waals surface area contributed by atoms with Gasteiger partial charge in [-0.25, -0.2) is 9.97 Å². The number of hydrogen-bond donors (Lipinski definition) is 1. The number of carbonyl (C=O) groups excluding carboxylic acids is 1. The van der Waals surface area contributed by atoms with E-state index in [1.165, 1.54) is 0 Å². The van der Waals surface area contributed by atoms with Crippen molar-refractivity contribution in [2.75, 3.05) is 11.4 Å². The molecule has 3 rings (SSSR count). The van der Waals surface area contributed by atoms with E-state index in [1.54, 1.807) is 6.07 Å². The molecule has 0 aliphatic carbocycles. The Kier molecular flexibility index (Phi) is 5.73. The average molecular weight is 374 g/mol. The summed E-state index contributed by atoms with van der Waals surface area (Å²) < 4.78 is 0. The molecule has 5 heteroatoms. The minimum absolute atomic E-state index is 0.211. The lowest BCUT2D eigenvalue weighted by Crippen LogP contribution is -2.41. The molecule has 0 unspecified atom stereocenters. The molecule has 5 nitrogen and oxygen atoms in total. The van der Waals surface area contributed by atoms with E-state index < -0.39 is 0 Å². The summed E-state index contributed by atoms with van der Waals surface area (Å²) in [6.07, 6.45) is 0. The zero-order valence-electron chi connectivity index (χ0n) is 16.8. The Balaban J connectivity index is 2.11. The van der Waals surface area contributed by atoms with E-state index in [-0.39, 0.29) is 11.4 Å². The molecule has 0 saturated heterocycles. The van der Waals surface area contributed by atoms with Crippen LogP contribution in [-0.4, -0.2) is 28.0 Å². The minimum atomic E-state index is -0.348.